The Bertz CT molecular complexity index is 190. The van der Waals surface area contributed by atoms with Crippen LogP contribution in [0, 0.1) is 17.8 Å². The lowest BCUT2D eigenvalue weighted by Crippen LogP contribution is -2.26. The van der Waals surface area contributed by atoms with E-state index in [1.165, 1.54) is 57.8 Å². The molecule has 1 aliphatic carbocycles. The van der Waals surface area contributed by atoms with Crippen molar-refractivity contribution in [3.8, 4) is 0 Å². The van der Waals surface area contributed by atoms with Crippen LogP contribution in [0.4, 0.5) is 0 Å². The van der Waals surface area contributed by atoms with Gasteiger partial charge >= 0.3 is 0 Å². The highest BCUT2D eigenvalue weighted by atomic mass is 79.9. The molecule has 1 fully saturated rings. The van der Waals surface area contributed by atoms with Crippen molar-refractivity contribution in [2.45, 2.75) is 83.4 Å². The molecule has 1 saturated carbocycles. The summed E-state index contributed by atoms with van der Waals surface area (Å²) in [7, 11) is 0. The first-order valence-electron chi connectivity index (χ1n) is 7.85. The molecule has 0 N–H and O–H groups in total. The van der Waals surface area contributed by atoms with Gasteiger partial charge in [0.2, 0.25) is 0 Å². The molecule has 0 heterocycles. The van der Waals surface area contributed by atoms with Crippen molar-refractivity contribution in [3.63, 3.8) is 0 Å². The van der Waals surface area contributed by atoms with Crippen LogP contribution < -0.4 is 0 Å². The summed E-state index contributed by atoms with van der Waals surface area (Å²) >= 11 is 3.94. The van der Waals surface area contributed by atoms with Crippen molar-refractivity contribution < 1.29 is 0 Å². The van der Waals surface area contributed by atoms with E-state index in [0.29, 0.717) is 0 Å². The SMILES string of the molecule is CCCCC(CC)CC1CC(CC)CCC1Br. The summed E-state index contributed by atoms with van der Waals surface area (Å²) in [6.07, 6.45) is 12.8. The fourth-order valence-electron chi connectivity index (χ4n) is 3.35. The van der Waals surface area contributed by atoms with Gasteiger partial charge in [0.05, 0.1) is 0 Å². The monoisotopic (exact) mass is 302 g/mol. The van der Waals surface area contributed by atoms with E-state index in [9.17, 15) is 0 Å². The molecule has 0 saturated heterocycles. The van der Waals surface area contributed by atoms with Gasteiger partial charge in [-0.25, -0.2) is 0 Å². The van der Waals surface area contributed by atoms with Crippen molar-refractivity contribution >= 4 is 15.9 Å². The molecule has 0 nitrogen and oxygen atoms in total. The van der Waals surface area contributed by atoms with E-state index in [0.717, 1.165) is 22.6 Å². The van der Waals surface area contributed by atoms with Gasteiger partial charge in [-0.3, -0.25) is 0 Å². The molecule has 4 unspecified atom stereocenters. The maximum Gasteiger partial charge on any atom is 0.0174 e. The maximum atomic E-state index is 3.94. The lowest BCUT2D eigenvalue weighted by atomic mass is 9.75. The Hall–Kier alpha value is 0.480. The molecular weight excluding hydrogens is 272 g/mol. The average molecular weight is 303 g/mol. The summed E-state index contributed by atoms with van der Waals surface area (Å²) in [5.41, 5.74) is 0. The van der Waals surface area contributed by atoms with E-state index in [1.807, 2.05) is 0 Å². The first kappa shape index (κ1) is 15.5. The molecule has 1 rings (SSSR count). The Morgan fingerprint density at radius 2 is 1.94 bits per heavy atom. The maximum absolute atomic E-state index is 3.94. The Morgan fingerprint density at radius 1 is 1.18 bits per heavy atom. The molecule has 0 spiro atoms. The molecule has 0 amide bonds. The van der Waals surface area contributed by atoms with Crippen LogP contribution in [-0.4, -0.2) is 4.83 Å². The molecule has 102 valence electrons. The van der Waals surface area contributed by atoms with Gasteiger partial charge in [-0.15, -0.1) is 0 Å². The van der Waals surface area contributed by atoms with E-state index >= 15 is 0 Å². The third kappa shape index (κ3) is 5.32. The molecule has 0 aliphatic heterocycles. The summed E-state index contributed by atoms with van der Waals surface area (Å²) in [5, 5.41) is 0. The van der Waals surface area contributed by atoms with E-state index in [4.69, 9.17) is 0 Å². The number of unbranched alkanes of at least 4 members (excludes halogenated alkanes) is 1. The molecule has 0 aromatic carbocycles. The summed E-state index contributed by atoms with van der Waals surface area (Å²) < 4.78 is 0. The normalized spacial score (nSPS) is 31.4. The second-order valence-electron chi connectivity index (χ2n) is 6.02. The number of hydrogen-bond donors (Lipinski definition) is 0. The molecular formula is C16H31Br. The van der Waals surface area contributed by atoms with Gasteiger partial charge in [-0.1, -0.05) is 68.8 Å². The molecule has 1 heteroatoms. The average Bonchev–Trinajstić information content (AvgIpc) is 2.36. The molecule has 0 aromatic heterocycles. The van der Waals surface area contributed by atoms with Crippen LogP contribution in [0.25, 0.3) is 0 Å². The highest BCUT2D eigenvalue weighted by Crippen LogP contribution is 2.39. The second kappa shape index (κ2) is 8.56. The second-order valence-corrected chi connectivity index (χ2v) is 7.19. The first-order chi connectivity index (χ1) is 8.21. The van der Waals surface area contributed by atoms with Crippen LogP contribution in [-0.2, 0) is 0 Å². The first-order valence-corrected chi connectivity index (χ1v) is 8.76. The zero-order valence-corrected chi connectivity index (χ0v) is 13.6. The highest BCUT2D eigenvalue weighted by Gasteiger charge is 2.29. The Morgan fingerprint density at radius 3 is 2.53 bits per heavy atom. The van der Waals surface area contributed by atoms with E-state index < -0.39 is 0 Å². The molecule has 17 heavy (non-hydrogen) atoms. The third-order valence-corrected chi connectivity index (χ3v) is 5.96. The lowest BCUT2D eigenvalue weighted by molar-refractivity contribution is 0.224. The van der Waals surface area contributed by atoms with Crippen molar-refractivity contribution in [2.24, 2.45) is 17.8 Å². The zero-order chi connectivity index (χ0) is 12.7. The molecule has 1 aliphatic rings. The molecule has 0 radical (unpaired) electrons. The summed E-state index contributed by atoms with van der Waals surface area (Å²) in [5.74, 6) is 2.95. The van der Waals surface area contributed by atoms with Crippen molar-refractivity contribution in [2.75, 3.05) is 0 Å². The highest BCUT2D eigenvalue weighted by molar-refractivity contribution is 9.09. The Labute approximate surface area is 117 Å². The smallest absolute Gasteiger partial charge is 0.0174 e. The van der Waals surface area contributed by atoms with Crippen LogP contribution in [0.5, 0.6) is 0 Å². The van der Waals surface area contributed by atoms with Crippen LogP contribution >= 0.6 is 15.9 Å². The van der Waals surface area contributed by atoms with E-state index in [-0.39, 0.29) is 0 Å². The fraction of sp³-hybridized carbons (Fsp3) is 1.00. The summed E-state index contributed by atoms with van der Waals surface area (Å²) in [6.45, 7) is 7.06. The number of hydrogen-bond acceptors (Lipinski definition) is 0. The van der Waals surface area contributed by atoms with Gasteiger partial charge < -0.3 is 0 Å². The summed E-state index contributed by atoms with van der Waals surface area (Å²) in [6, 6.07) is 0. The minimum Gasteiger partial charge on any atom is -0.0888 e. The third-order valence-electron chi connectivity index (χ3n) is 4.75. The van der Waals surface area contributed by atoms with Crippen molar-refractivity contribution in [1.82, 2.24) is 0 Å². The quantitative estimate of drug-likeness (QED) is 0.492. The van der Waals surface area contributed by atoms with Gasteiger partial charge in [-0.05, 0) is 43.4 Å². The number of halogens is 1. The van der Waals surface area contributed by atoms with Gasteiger partial charge in [0.1, 0.15) is 0 Å². The minimum atomic E-state index is 0.806. The topological polar surface area (TPSA) is 0 Å². The predicted octanol–water partition coefficient (Wildman–Crippen LogP) is 6.18. The summed E-state index contributed by atoms with van der Waals surface area (Å²) in [4.78, 5) is 0.806. The Kier molecular flexibility index (Phi) is 7.82. The number of alkyl halides is 1. The van der Waals surface area contributed by atoms with Gasteiger partial charge in [0, 0.05) is 4.83 Å². The van der Waals surface area contributed by atoms with Crippen LogP contribution in [0.2, 0.25) is 0 Å². The predicted molar refractivity (Wildman–Crippen MR) is 81.8 cm³/mol. The largest absolute Gasteiger partial charge is 0.0888 e. The molecule has 4 atom stereocenters. The van der Waals surface area contributed by atoms with Crippen LogP contribution in [0.15, 0.2) is 0 Å². The van der Waals surface area contributed by atoms with Crippen molar-refractivity contribution in [1.29, 1.82) is 0 Å². The zero-order valence-electron chi connectivity index (χ0n) is 12.1. The van der Waals surface area contributed by atoms with E-state index in [1.54, 1.807) is 0 Å². The van der Waals surface area contributed by atoms with Crippen molar-refractivity contribution in [3.05, 3.63) is 0 Å². The van der Waals surface area contributed by atoms with E-state index in [2.05, 4.69) is 36.7 Å². The molecule has 0 aromatic rings. The lowest BCUT2D eigenvalue weighted by Gasteiger charge is -2.35. The van der Waals surface area contributed by atoms with Gasteiger partial charge in [0.25, 0.3) is 0 Å². The Balaban J connectivity index is 2.40. The number of rotatable bonds is 7. The van der Waals surface area contributed by atoms with Crippen LogP contribution in [0.3, 0.4) is 0 Å². The standard InChI is InChI=1S/C16H31Br/c1-4-7-8-13(5-2)11-15-12-14(6-3)9-10-16(15)17/h13-16H,4-12H2,1-3H3. The fourth-order valence-corrected chi connectivity index (χ4v) is 4.04. The van der Waals surface area contributed by atoms with Crippen LogP contribution in [0.1, 0.15) is 78.6 Å². The molecule has 0 bridgehead atoms. The van der Waals surface area contributed by atoms with Gasteiger partial charge in [-0.2, -0.15) is 0 Å². The van der Waals surface area contributed by atoms with Gasteiger partial charge in [0.15, 0.2) is 0 Å². The minimum absolute atomic E-state index is 0.806.